The number of nitrogen functional groups attached to an aromatic ring is 1. The number of rotatable bonds is 5. The fraction of sp³-hybridized carbons (Fsp3) is 0.188. The van der Waals surface area contributed by atoms with E-state index in [1.54, 1.807) is 19.2 Å². The molecule has 0 saturated carbocycles. The lowest BCUT2D eigenvalue weighted by molar-refractivity contribution is 0.0595. The summed E-state index contributed by atoms with van der Waals surface area (Å²) in [7, 11) is 2.93. The molecule has 5 nitrogen and oxygen atoms in total. The third-order valence-corrected chi connectivity index (χ3v) is 2.96. The van der Waals surface area contributed by atoms with Gasteiger partial charge in [-0.2, -0.15) is 0 Å². The summed E-state index contributed by atoms with van der Waals surface area (Å²) >= 11 is 0. The number of benzene rings is 2. The zero-order chi connectivity index (χ0) is 15.2. The largest absolute Gasteiger partial charge is 0.497 e. The average molecular weight is 287 g/mol. The zero-order valence-electron chi connectivity index (χ0n) is 12.0. The number of ether oxygens (including phenoxy) is 3. The number of carbonyl (C=O) groups is 1. The third-order valence-electron chi connectivity index (χ3n) is 2.96. The van der Waals surface area contributed by atoms with E-state index in [0.717, 1.165) is 11.3 Å². The minimum atomic E-state index is -0.480. The summed E-state index contributed by atoms with van der Waals surface area (Å²) in [6.07, 6.45) is 0. The first kappa shape index (κ1) is 14.7. The summed E-state index contributed by atoms with van der Waals surface area (Å²) in [5.74, 6) is 0.736. The van der Waals surface area contributed by atoms with Crippen molar-refractivity contribution in [3.05, 3.63) is 53.6 Å². The number of methoxy groups -OCH3 is 2. The first-order chi connectivity index (χ1) is 10.1. The normalized spacial score (nSPS) is 10.0. The number of hydrogen-bond acceptors (Lipinski definition) is 5. The quantitative estimate of drug-likeness (QED) is 0.676. The predicted molar refractivity (Wildman–Crippen MR) is 79.5 cm³/mol. The van der Waals surface area contributed by atoms with Crippen LogP contribution in [0, 0.1) is 0 Å². The van der Waals surface area contributed by atoms with Gasteiger partial charge in [0.25, 0.3) is 0 Å². The summed E-state index contributed by atoms with van der Waals surface area (Å²) < 4.78 is 15.5. The molecule has 2 N–H and O–H groups in total. The van der Waals surface area contributed by atoms with E-state index in [4.69, 9.17) is 19.9 Å². The molecule has 0 bridgehead atoms. The molecule has 0 aliphatic rings. The number of carbonyl (C=O) groups excluding carboxylic acids is 1. The van der Waals surface area contributed by atoms with Gasteiger partial charge in [0, 0.05) is 5.69 Å². The molecular formula is C16H17NO4. The molecule has 0 fully saturated rings. The van der Waals surface area contributed by atoms with Crippen LogP contribution in [-0.4, -0.2) is 20.2 Å². The Kier molecular flexibility index (Phi) is 4.66. The van der Waals surface area contributed by atoms with E-state index < -0.39 is 5.97 Å². The Morgan fingerprint density at radius 2 is 1.81 bits per heavy atom. The fourth-order valence-corrected chi connectivity index (χ4v) is 1.83. The van der Waals surface area contributed by atoms with Crippen molar-refractivity contribution in [1.29, 1.82) is 0 Å². The van der Waals surface area contributed by atoms with Crippen molar-refractivity contribution < 1.29 is 19.0 Å². The van der Waals surface area contributed by atoms with Crippen LogP contribution in [0.3, 0.4) is 0 Å². The Morgan fingerprint density at radius 3 is 2.43 bits per heavy atom. The van der Waals surface area contributed by atoms with Crippen LogP contribution in [0.5, 0.6) is 11.5 Å². The lowest BCUT2D eigenvalue weighted by Crippen LogP contribution is -2.06. The van der Waals surface area contributed by atoms with Crippen LogP contribution in [0.1, 0.15) is 15.9 Å². The Bertz CT molecular complexity index is 623. The number of esters is 1. The fourth-order valence-electron chi connectivity index (χ4n) is 1.83. The molecule has 0 aliphatic heterocycles. The highest BCUT2D eigenvalue weighted by Gasteiger charge is 2.13. The van der Waals surface area contributed by atoms with Crippen LogP contribution in [0.25, 0.3) is 0 Å². The van der Waals surface area contributed by atoms with E-state index in [9.17, 15) is 4.79 Å². The van der Waals surface area contributed by atoms with Crippen LogP contribution < -0.4 is 15.2 Å². The monoisotopic (exact) mass is 287 g/mol. The maximum Gasteiger partial charge on any atom is 0.341 e. The summed E-state index contributed by atoms with van der Waals surface area (Å²) in [6, 6.07) is 12.4. The maximum absolute atomic E-state index is 11.7. The number of nitrogens with two attached hydrogens (primary N) is 1. The van der Waals surface area contributed by atoms with Gasteiger partial charge in [-0.25, -0.2) is 4.79 Å². The van der Waals surface area contributed by atoms with Gasteiger partial charge in [0.15, 0.2) is 0 Å². The first-order valence-corrected chi connectivity index (χ1v) is 6.37. The molecule has 0 saturated heterocycles. The molecule has 0 radical (unpaired) electrons. The van der Waals surface area contributed by atoms with Gasteiger partial charge >= 0.3 is 5.97 Å². The van der Waals surface area contributed by atoms with Gasteiger partial charge in [0.05, 0.1) is 14.2 Å². The Balaban J connectivity index is 2.13. The van der Waals surface area contributed by atoms with Gasteiger partial charge in [-0.3, -0.25) is 0 Å². The Labute approximate surface area is 123 Å². The van der Waals surface area contributed by atoms with E-state index in [1.807, 2.05) is 24.3 Å². The lowest BCUT2D eigenvalue weighted by atomic mass is 10.1. The lowest BCUT2D eigenvalue weighted by Gasteiger charge is -2.11. The van der Waals surface area contributed by atoms with Gasteiger partial charge in [-0.05, 0) is 35.9 Å². The van der Waals surface area contributed by atoms with Gasteiger partial charge in [0.1, 0.15) is 23.7 Å². The summed E-state index contributed by atoms with van der Waals surface area (Å²) in [4.78, 5) is 11.7. The summed E-state index contributed by atoms with van der Waals surface area (Å²) in [6.45, 7) is 0.331. The minimum absolute atomic E-state index is 0.311. The molecule has 0 spiro atoms. The van der Waals surface area contributed by atoms with Crippen molar-refractivity contribution >= 4 is 11.7 Å². The molecule has 0 unspecified atom stereocenters. The zero-order valence-corrected chi connectivity index (χ0v) is 12.0. The highest BCUT2D eigenvalue weighted by molar-refractivity contribution is 5.93. The van der Waals surface area contributed by atoms with Crippen LogP contribution in [0.2, 0.25) is 0 Å². The van der Waals surface area contributed by atoms with E-state index in [2.05, 4.69) is 0 Å². The maximum atomic E-state index is 11.7. The van der Waals surface area contributed by atoms with E-state index in [-0.39, 0.29) is 0 Å². The Hall–Kier alpha value is -2.69. The molecule has 2 aromatic carbocycles. The minimum Gasteiger partial charge on any atom is -0.497 e. The van der Waals surface area contributed by atoms with E-state index >= 15 is 0 Å². The molecule has 2 aromatic rings. The van der Waals surface area contributed by atoms with Crippen LogP contribution in [0.4, 0.5) is 5.69 Å². The van der Waals surface area contributed by atoms with Crippen molar-refractivity contribution in [2.24, 2.45) is 0 Å². The average Bonchev–Trinajstić information content (AvgIpc) is 2.53. The standard InChI is InChI=1S/C16H17NO4/c1-19-13-6-3-11(4-7-13)10-21-15-8-5-12(17)9-14(15)16(18)20-2/h3-9H,10,17H2,1-2H3. The molecule has 0 aromatic heterocycles. The topological polar surface area (TPSA) is 70.8 Å². The second kappa shape index (κ2) is 6.65. The van der Waals surface area contributed by atoms with Crippen molar-refractivity contribution in [2.45, 2.75) is 6.61 Å². The van der Waals surface area contributed by atoms with Gasteiger partial charge < -0.3 is 19.9 Å². The molecule has 0 atom stereocenters. The SMILES string of the molecule is COC(=O)c1cc(N)ccc1OCc1ccc(OC)cc1. The van der Waals surface area contributed by atoms with E-state index in [0.29, 0.717) is 23.6 Å². The van der Waals surface area contributed by atoms with Crippen molar-refractivity contribution in [3.8, 4) is 11.5 Å². The molecule has 0 amide bonds. The highest BCUT2D eigenvalue weighted by atomic mass is 16.5. The molecule has 110 valence electrons. The van der Waals surface area contributed by atoms with Crippen molar-refractivity contribution in [2.75, 3.05) is 20.0 Å². The summed E-state index contributed by atoms with van der Waals surface area (Å²) in [5, 5.41) is 0. The van der Waals surface area contributed by atoms with Crippen LogP contribution in [-0.2, 0) is 11.3 Å². The van der Waals surface area contributed by atoms with Crippen LogP contribution in [0.15, 0.2) is 42.5 Å². The highest BCUT2D eigenvalue weighted by Crippen LogP contribution is 2.23. The van der Waals surface area contributed by atoms with Crippen molar-refractivity contribution in [1.82, 2.24) is 0 Å². The summed E-state index contributed by atoms with van der Waals surface area (Å²) in [5.41, 5.74) is 7.43. The van der Waals surface area contributed by atoms with Gasteiger partial charge in [-0.15, -0.1) is 0 Å². The molecule has 0 aliphatic carbocycles. The third kappa shape index (κ3) is 3.66. The second-order valence-corrected chi connectivity index (χ2v) is 4.38. The number of anilines is 1. The van der Waals surface area contributed by atoms with E-state index in [1.165, 1.54) is 13.2 Å². The smallest absolute Gasteiger partial charge is 0.341 e. The number of hydrogen-bond donors (Lipinski definition) is 1. The van der Waals surface area contributed by atoms with Gasteiger partial charge in [0.2, 0.25) is 0 Å². The van der Waals surface area contributed by atoms with Crippen LogP contribution >= 0.6 is 0 Å². The second-order valence-electron chi connectivity index (χ2n) is 4.38. The molecule has 5 heteroatoms. The predicted octanol–water partition coefficient (Wildman–Crippen LogP) is 2.64. The van der Waals surface area contributed by atoms with Crippen molar-refractivity contribution in [3.63, 3.8) is 0 Å². The Morgan fingerprint density at radius 1 is 1.10 bits per heavy atom. The first-order valence-electron chi connectivity index (χ1n) is 6.37. The molecule has 2 rings (SSSR count). The molecule has 21 heavy (non-hydrogen) atoms. The molecular weight excluding hydrogens is 270 g/mol. The molecule has 0 heterocycles. The van der Waals surface area contributed by atoms with Gasteiger partial charge in [-0.1, -0.05) is 12.1 Å².